The Hall–Kier alpha value is -1.59. The highest BCUT2D eigenvalue weighted by molar-refractivity contribution is 6.30. The molecule has 21 heavy (non-hydrogen) atoms. The van der Waals surface area contributed by atoms with Crippen LogP contribution in [0.5, 0.6) is 0 Å². The topological polar surface area (TPSA) is 49.9 Å². The molecule has 1 fully saturated rings. The van der Waals surface area contributed by atoms with E-state index in [1.165, 1.54) is 0 Å². The molecule has 0 saturated carbocycles. The fraction of sp³-hybridized carbons (Fsp3) is 0.467. The fourth-order valence-corrected chi connectivity index (χ4v) is 2.41. The van der Waals surface area contributed by atoms with E-state index < -0.39 is 0 Å². The van der Waals surface area contributed by atoms with Crippen LogP contribution in [0.1, 0.15) is 16.8 Å². The average Bonchev–Trinajstić information content (AvgIpc) is 2.53. The Morgan fingerprint density at radius 1 is 1.10 bits per heavy atom. The summed E-state index contributed by atoms with van der Waals surface area (Å²) in [5.41, 5.74) is 0.624. The number of benzene rings is 1. The summed E-state index contributed by atoms with van der Waals surface area (Å²) in [4.78, 5) is 27.7. The van der Waals surface area contributed by atoms with E-state index in [1.54, 1.807) is 41.2 Å². The maximum absolute atomic E-state index is 12.3. The molecule has 114 valence electrons. The molecule has 1 aliphatic rings. The summed E-state index contributed by atoms with van der Waals surface area (Å²) in [7, 11) is 1.58. The number of nitrogens with zero attached hydrogens (tertiary/aromatic N) is 2. The van der Waals surface area contributed by atoms with Gasteiger partial charge in [-0.05, 0) is 24.3 Å². The zero-order valence-corrected chi connectivity index (χ0v) is 12.8. The Labute approximate surface area is 129 Å². The SMILES string of the molecule is COCCC(=O)N1CCN(C(=O)c2ccc(Cl)cc2)CC1. The lowest BCUT2D eigenvalue weighted by Crippen LogP contribution is -2.50. The summed E-state index contributed by atoms with van der Waals surface area (Å²) in [6.45, 7) is 2.69. The molecule has 0 aromatic heterocycles. The molecule has 6 heteroatoms. The van der Waals surface area contributed by atoms with Crippen molar-refractivity contribution in [2.45, 2.75) is 6.42 Å². The maximum Gasteiger partial charge on any atom is 0.253 e. The number of methoxy groups -OCH3 is 1. The van der Waals surface area contributed by atoms with Crippen molar-refractivity contribution in [3.63, 3.8) is 0 Å². The van der Waals surface area contributed by atoms with Gasteiger partial charge in [0.1, 0.15) is 0 Å². The molecule has 0 N–H and O–H groups in total. The van der Waals surface area contributed by atoms with Crippen molar-refractivity contribution in [2.75, 3.05) is 39.9 Å². The monoisotopic (exact) mass is 310 g/mol. The van der Waals surface area contributed by atoms with E-state index in [1.807, 2.05) is 0 Å². The van der Waals surface area contributed by atoms with Gasteiger partial charge in [0.2, 0.25) is 5.91 Å². The molecular formula is C15H19ClN2O3. The van der Waals surface area contributed by atoms with E-state index in [-0.39, 0.29) is 11.8 Å². The summed E-state index contributed by atoms with van der Waals surface area (Å²) >= 11 is 5.82. The normalized spacial score (nSPS) is 15.1. The summed E-state index contributed by atoms with van der Waals surface area (Å²) in [5.74, 6) is 0.0612. The molecular weight excluding hydrogens is 292 g/mol. The lowest BCUT2D eigenvalue weighted by molar-refractivity contribution is -0.133. The third kappa shape index (κ3) is 4.19. The summed E-state index contributed by atoms with van der Waals surface area (Å²) in [5, 5.41) is 0.611. The van der Waals surface area contributed by atoms with Crippen molar-refractivity contribution in [3.8, 4) is 0 Å². The number of halogens is 1. The molecule has 1 aromatic rings. The number of hydrogen-bond donors (Lipinski definition) is 0. The second kappa shape index (κ2) is 7.43. The van der Waals surface area contributed by atoms with Crippen LogP contribution in [0.2, 0.25) is 5.02 Å². The van der Waals surface area contributed by atoms with Crippen LogP contribution < -0.4 is 0 Å². The minimum absolute atomic E-state index is 0.0179. The van der Waals surface area contributed by atoms with Gasteiger partial charge in [0.15, 0.2) is 0 Å². The van der Waals surface area contributed by atoms with Crippen LogP contribution in [-0.4, -0.2) is 61.5 Å². The first-order valence-electron chi connectivity index (χ1n) is 6.93. The molecule has 0 aliphatic carbocycles. The van der Waals surface area contributed by atoms with Gasteiger partial charge in [0.25, 0.3) is 5.91 Å². The standard InChI is InChI=1S/C15H19ClN2O3/c1-21-11-6-14(19)17-7-9-18(10-8-17)15(20)12-2-4-13(16)5-3-12/h2-5H,6-11H2,1H3. The fourth-order valence-electron chi connectivity index (χ4n) is 2.28. The van der Waals surface area contributed by atoms with Crippen molar-refractivity contribution in [2.24, 2.45) is 0 Å². The van der Waals surface area contributed by atoms with Crippen LogP contribution in [0.3, 0.4) is 0 Å². The molecule has 0 spiro atoms. The van der Waals surface area contributed by atoms with E-state index in [9.17, 15) is 9.59 Å². The number of carbonyl (C=O) groups is 2. The van der Waals surface area contributed by atoms with Crippen LogP contribution in [0.4, 0.5) is 0 Å². The van der Waals surface area contributed by atoms with E-state index in [0.717, 1.165) is 0 Å². The predicted molar refractivity (Wildman–Crippen MR) is 80.4 cm³/mol. The number of piperazine rings is 1. The van der Waals surface area contributed by atoms with E-state index in [0.29, 0.717) is 49.8 Å². The summed E-state index contributed by atoms with van der Waals surface area (Å²) in [6, 6.07) is 6.86. The van der Waals surface area contributed by atoms with Crippen LogP contribution in [0, 0.1) is 0 Å². The third-order valence-corrected chi connectivity index (χ3v) is 3.78. The molecule has 0 atom stereocenters. The number of hydrogen-bond acceptors (Lipinski definition) is 3. The summed E-state index contributed by atoms with van der Waals surface area (Å²) in [6.07, 6.45) is 0.391. The first-order valence-corrected chi connectivity index (χ1v) is 7.31. The van der Waals surface area contributed by atoms with E-state index in [2.05, 4.69) is 0 Å². The van der Waals surface area contributed by atoms with Gasteiger partial charge in [-0.2, -0.15) is 0 Å². The first-order chi connectivity index (χ1) is 10.1. The zero-order chi connectivity index (χ0) is 15.2. The Bertz CT molecular complexity index is 496. The van der Waals surface area contributed by atoms with Gasteiger partial charge >= 0.3 is 0 Å². The average molecular weight is 311 g/mol. The molecule has 2 rings (SSSR count). The number of carbonyl (C=O) groups excluding carboxylic acids is 2. The zero-order valence-electron chi connectivity index (χ0n) is 12.0. The lowest BCUT2D eigenvalue weighted by atomic mass is 10.2. The van der Waals surface area contributed by atoms with Gasteiger partial charge in [-0.3, -0.25) is 9.59 Å². The van der Waals surface area contributed by atoms with Gasteiger partial charge in [-0.15, -0.1) is 0 Å². The third-order valence-electron chi connectivity index (χ3n) is 3.53. The van der Waals surface area contributed by atoms with Gasteiger partial charge in [0.05, 0.1) is 13.0 Å². The predicted octanol–water partition coefficient (Wildman–Crippen LogP) is 1.66. The largest absolute Gasteiger partial charge is 0.384 e. The quantitative estimate of drug-likeness (QED) is 0.850. The molecule has 1 aromatic carbocycles. The molecule has 5 nitrogen and oxygen atoms in total. The Morgan fingerprint density at radius 3 is 2.24 bits per heavy atom. The number of ether oxygens (including phenoxy) is 1. The van der Waals surface area contributed by atoms with Gasteiger partial charge in [-0.25, -0.2) is 0 Å². The van der Waals surface area contributed by atoms with E-state index >= 15 is 0 Å². The van der Waals surface area contributed by atoms with Crippen molar-refractivity contribution >= 4 is 23.4 Å². The minimum Gasteiger partial charge on any atom is -0.384 e. The second-order valence-corrected chi connectivity index (χ2v) is 5.36. The Kier molecular flexibility index (Phi) is 5.59. The highest BCUT2D eigenvalue weighted by Crippen LogP contribution is 2.13. The van der Waals surface area contributed by atoms with Crippen LogP contribution in [-0.2, 0) is 9.53 Å². The molecule has 1 saturated heterocycles. The maximum atomic E-state index is 12.3. The van der Waals surface area contributed by atoms with Crippen LogP contribution in [0.25, 0.3) is 0 Å². The van der Waals surface area contributed by atoms with E-state index in [4.69, 9.17) is 16.3 Å². The van der Waals surface area contributed by atoms with Gasteiger partial charge < -0.3 is 14.5 Å². The number of amides is 2. The highest BCUT2D eigenvalue weighted by atomic mass is 35.5. The molecule has 0 unspecified atom stereocenters. The molecule has 0 radical (unpaired) electrons. The van der Waals surface area contributed by atoms with Crippen molar-refractivity contribution < 1.29 is 14.3 Å². The van der Waals surface area contributed by atoms with Crippen molar-refractivity contribution in [3.05, 3.63) is 34.9 Å². The number of rotatable bonds is 4. The van der Waals surface area contributed by atoms with Crippen molar-refractivity contribution in [1.82, 2.24) is 9.80 Å². The molecule has 1 heterocycles. The summed E-state index contributed by atoms with van der Waals surface area (Å²) < 4.78 is 4.91. The second-order valence-electron chi connectivity index (χ2n) is 4.92. The highest BCUT2D eigenvalue weighted by Gasteiger charge is 2.24. The molecule has 1 aliphatic heterocycles. The lowest BCUT2D eigenvalue weighted by Gasteiger charge is -2.34. The molecule has 2 amide bonds. The Morgan fingerprint density at radius 2 is 1.67 bits per heavy atom. The minimum atomic E-state index is -0.0179. The van der Waals surface area contributed by atoms with Crippen molar-refractivity contribution in [1.29, 1.82) is 0 Å². The molecule has 0 bridgehead atoms. The Balaban J connectivity index is 1.87. The van der Waals surface area contributed by atoms with Crippen LogP contribution in [0.15, 0.2) is 24.3 Å². The van der Waals surface area contributed by atoms with Crippen LogP contribution >= 0.6 is 11.6 Å². The van der Waals surface area contributed by atoms with Gasteiger partial charge in [0, 0.05) is 43.9 Å². The smallest absolute Gasteiger partial charge is 0.253 e. The van der Waals surface area contributed by atoms with Gasteiger partial charge in [-0.1, -0.05) is 11.6 Å². The first kappa shape index (κ1) is 15.8.